The summed E-state index contributed by atoms with van der Waals surface area (Å²) in [7, 11) is 0. The maximum atomic E-state index is 11.5. The Labute approximate surface area is 144 Å². The Morgan fingerprint density at radius 1 is 1.32 bits per heavy atom. The van der Waals surface area contributed by atoms with Gasteiger partial charge in [0.25, 0.3) is 0 Å². The Morgan fingerprint density at radius 2 is 2.24 bits per heavy atom. The van der Waals surface area contributed by atoms with Crippen LogP contribution < -0.4 is 5.73 Å². The summed E-state index contributed by atoms with van der Waals surface area (Å²) in [6, 6.07) is 8.76. The summed E-state index contributed by atoms with van der Waals surface area (Å²) in [5.74, 6) is 6.23. The first-order valence-corrected chi connectivity index (χ1v) is 7.84. The molecule has 2 amide bonds. The van der Waals surface area contributed by atoms with E-state index in [0.29, 0.717) is 13.0 Å². The molecule has 1 aliphatic rings. The van der Waals surface area contributed by atoms with Crippen LogP contribution >= 0.6 is 0 Å². The van der Waals surface area contributed by atoms with Crippen LogP contribution in [0, 0.1) is 11.8 Å². The van der Waals surface area contributed by atoms with Gasteiger partial charge >= 0.3 is 6.03 Å². The molecule has 4 rings (SSSR count). The third kappa shape index (κ3) is 2.91. The van der Waals surface area contributed by atoms with Gasteiger partial charge in [0.05, 0.1) is 24.4 Å². The summed E-state index contributed by atoms with van der Waals surface area (Å²) < 4.78 is 1.68. The van der Waals surface area contributed by atoms with Gasteiger partial charge in [0.15, 0.2) is 5.65 Å². The number of carbonyl (C=O) groups is 1. The van der Waals surface area contributed by atoms with Gasteiger partial charge in [0.1, 0.15) is 0 Å². The van der Waals surface area contributed by atoms with E-state index in [-0.39, 0.29) is 6.04 Å². The number of carbonyl (C=O) groups excluding carboxylic acids is 1. The SMILES string of the molecule is NC(=O)N1OCCC1c1cccc(C#Cc2cnn3cccnc23)c1. The van der Waals surface area contributed by atoms with Crippen LogP contribution in [0.3, 0.4) is 0 Å². The van der Waals surface area contributed by atoms with Crippen LogP contribution in [0.25, 0.3) is 5.65 Å². The number of aromatic nitrogens is 3. The summed E-state index contributed by atoms with van der Waals surface area (Å²) in [6.07, 6.45) is 5.94. The number of hydroxylamine groups is 2. The van der Waals surface area contributed by atoms with Gasteiger partial charge in [-0.25, -0.2) is 14.3 Å². The average Bonchev–Trinajstić information content (AvgIpc) is 3.27. The molecule has 7 heteroatoms. The fourth-order valence-corrected chi connectivity index (χ4v) is 2.87. The molecule has 0 spiro atoms. The fourth-order valence-electron chi connectivity index (χ4n) is 2.87. The van der Waals surface area contributed by atoms with Gasteiger partial charge < -0.3 is 5.73 Å². The highest BCUT2D eigenvalue weighted by atomic mass is 16.7. The Hall–Kier alpha value is -3.37. The normalized spacial score (nSPS) is 16.6. The standard InChI is InChI=1S/C18H15N5O2/c19-18(24)23-16(7-10-25-23)14-4-1-3-13(11-14)5-6-15-12-21-22-9-2-8-20-17(15)22/h1-4,8-9,11-12,16H,7,10H2,(H2,19,24). The lowest BCUT2D eigenvalue weighted by Crippen LogP contribution is -2.34. The first kappa shape index (κ1) is 15.2. The maximum absolute atomic E-state index is 11.5. The molecule has 7 nitrogen and oxygen atoms in total. The van der Waals surface area contributed by atoms with Gasteiger partial charge in [-0.15, -0.1) is 0 Å². The number of rotatable bonds is 1. The number of nitrogens with two attached hydrogens (primary N) is 1. The van der Waals surface area contributed by atoms with E-state index in [1.54, 1.807) is 16.9 Å². The van der Waals surface area contributed by atoms with Gasteiger partial charge in [0, 0.05) is 24.4 Å². The largest absolute Gasteiger partial charge is 0.350 e. The maximum Gasteiger partial charge on any atom is 0.339 e. The summed E-state index contributed by atoms with van der Waals surface area (Å²) in [6.45, 7) is 0.470. The van der Waals surface area contributed by atoms with Crippen molar-refractivity contribution in [2.75, 3.05) is 6.61 Å². The number of fused-ring (bicyclic) bond motifs is 1. The fraction of sp³-hybridized carbons (Fsp3) is 0.167. The predicted molar refractivity (Wildman–Crippen MR) is 90.1 cm³/mol. The van der Waals surface area contributed by atoms with Crippen LogP contribution in [0.1, 0.15) is 29.2 Å². The summed E-state index contributed by atoms with van der Waals surface area (Å²) in [4.78, 5) is 21.0. The minimum Gasteiger partial charge on any atom is -0.350 e. The first-order valence-electron chi connectivity index (χ1n) is 7.84. The van der Waals surface area contributed by atoms with Crippen LogP contribution in [0.15, 0.2) is 48.9 Å². The summed E-state index contributed by atoms with van der Waals surface area (Å²) in [5, 5.41) is 5.44. The molecule has 124 valence electrons. The molecule has 2 N–H and O–H groups in total. The molecule has 1 atom stereocenters. The highest BCUT2D eigenvalue weighted by Crippen LogP contribution is 2.30. The average molecular weight is 333 g/mol. The van der Waals surface area contributed by atoms with Gasteiger partial charge in [-0.1, -0.05) is 24.0 Å². The molecule has 3 heterocycles. The summed E-state index contributed by atoms with van der Waals surface area (Å²) >= 11 is 0. The van der Waals surface area contributed by atoms with E-state index < -0.39 is 6.03 Å². The lowest BCUT2D eigenvalue weighted by atomic mass is 10.0. The van der Waals surface area contributed by atoms with Crippen LogP contribution in [0.4, 0.5) is 4.79 Å². The molecular weight excluding hydrogens is 318 g/mol. The lowest BCUT2D eigenvalue weighted by Gasteiger charge is -2.20. The van der Waals surface area contributed by atoms with Crippen molar-refractivity contribution in [3.05, 3.63) is 65.6 Å². The van der Waals surface area contributed by atoms with Crippen molar-refractivity contribution >= 4 is 11.7 Å². The molecule has 0 radical (unpaired) electrons. The van der Waals surface area contributed by atoms with Crippen molar-refractivity contribution in [3.8, 4) is 11.8 Å². The topological polar surface area (TPSA) is 85.8 Å². The molecule has 3 aromatic rings. The van der Waals surface area contributed by atoms with E-state index in [1.807, 2.05) is 36.5 Å². The quantitative estimate of drug-likeness (QED) is 0.689. The van der Waals surface area contributed by atoms with Gasteiger partial charge in [-0.2, -0.15) is 10.2 Å². The Bertz CT molecular complexity index is 1000. The van der Waals surface area contributed by atoms with Gasteiger partial charge in [-0.3, -0.25) is 4.84 Å². The Kier molecular flexibility index (Phi) is 3.80. The number of hydrogen-bond donors (Lipinski definition) is 1. The van der Waals surface area contributed by atoms with E-state index in [0.717, 1.165) is 22.3 Å². The van der Waals surface area contributed by atoms with Crippen molar-refractivity contribution in [2.24, 2.45) is 5.73 Å². The van der Waals surface area contributed by atoms with E-state index in [9.17, 15) is 4.79 Å². The van der Waals surface area contributed by atoms with Crippen molar-refractivity contribution in [2.45, 2.75) is 12.5 Å². The molecule has 1 aliphatic heterocycles. The molecule has 1 saturated heterocycles. The Morgan fingerprint density at radius 3 is 3.12 bits per heavy atom. The number of nitrogens with zero attached hydrogens (tertiary/aromatic N) is 4. The first-order chi connectivity index (χ1) is 12.2. The molecule has 1 fully saturated rings. The minimum atomic E-state index is -0.587. The molecule has 1 aromatic carbocycles. The monoisotopic (exact) mass is 333 g/mol. The molecule has 0 aliphatic carbocycles. The third-order valence-electron chi connectivity index (χ3n) is 4.01. The highest BCUT2D eigenvalue weighted by molar-refractivity contribution is 5.71. The second-order valence-corrected chi connectivity index (χ2v) is 5.62. The van der Waals surface area contributed by atoms with Crippen LogP contribution in [0.5, 0.6) is 0 Å². The van der Waals surface area contributed by atoms with Crippen LogP contribution in [-0.4, -0.2) is 32.3 Å². The Balaban J connectivity index is 1.64. The van der Waals surface area contributed by atoms with Crippen LogP contribution in [-0.2, 0) is 4.84 Å². The number of urea groups is 1. The zero-order chi connectivity index (χ0) is 17.2. The van der Waals surface area contributed by atoms with E-state index in [1.165, 1.54) is 5.06 Å². The lowest BCUT2D eigenvalue weighted by molar-refractivity contribution is -0.0846. The van der Waals surface area contributed by atoms with E-state index in [2.05, 4.69) is 21.9 Å². The smallest absolute Gasteiger partial charge is 0.339 e. The van der Waals surface area contributed by atoms with Crippen molar-refractivity contribution in [1.29, 1.82) is 0 Å². The van der Waals surface area contributed by atoms with Crippen LogP contribution in [0.2, 0.25) is 0 Å². The minimum absolute atomic E-state index is 0.183. The molecule has 0 bridgehead atoms. The molecular formula is C18H15N5O2. The van der Waals surface area contributed by atoms with Gasteiger partial charge in [-0.05, 0) is 23.8 Å². The third-order valence-corrected chi connectivity index (χ3v) is 4.01. The second kappa shape index (κ2) is 6.26. The van der Waals surface area contributed by atoms with E-state index in [4.69, 9.17) is 10.6 Å². The number of amides is 2. The zero-order valence-corrected chi connectivity index (χ0v) is 13.3. The predicted octanol–water partition coefficient (Wildman–Crippen LogP) is 1.89. The van der Waals surface area contributed by atoms with Crippen molar-refractivity contribution in [1.82, 2.24) is 19.7 Å². The molecule has 25 heavy (non-hydrogen) atoms. The summed E-state index contributed by atoms with van der Waals surface area (Å²) in [5.41, 5.74) is 8.62. The molecule has 0 saturated carbocycles. The van der Waals surface area contributed by atoms with Gasteiger partial charge in [0.2, 0.25) is 0 Å². The molecule has 2 aromatic heterocycles. The number of hydrogen-bond acceptors (Lipinski definition) is 4. The highest BCUT2D eigenvalue weighted by Gasteiger charge is 2.30. The van der Waals surface area contributed by atoms with Crippen molar-refractivity contribution < 1.29 is 9.63 Å². The number of primary amides is 1. The number of benzene rings is 1. The second-order valence-electron chi connectivity index (χ2n) is 5.62. The van der Waals surface area contributed by atoms with E-state index >= 15 is 0 Å². The molecule has 1 unspecified atom stereocenters. The van der Waals surface area contributed by atoms with Crippen molar-refractivity contribution in [3.63, 3.8) is 0 Å². The zero-order valence-electron chi connectivity index (χ0n) is 13.3.